The maximum atomic E-state index is 14.0. The van der Waals surface area contributed by atoms with E-state index in [4.69, 9.17) is 9.11 Å². The van der Waals surface area contributed by atoms with Gasteiger partial charge in [-0.25, -0.2) is 8.42 Å². The van der Waals surface area contributed by atoms with Gasteiger partial charge in [0.25, 0.3) is 30.3 Å². The van der Waals surface area contributed by atoms with Gasteiger partial charge >= 0.3 is 17.4 Å². The lowest BCUT2D eigenvalue weighted by atomic mass is 10.3. The molecule has 0 aliphatic heterocycles. The van der Waals surface area contributed by atoms with Crippen molar-refractivity contribution in [3.05, 3.63) is 0 Å². The summed E-state index contributed by atoms with van der Waals surface area (Å²) in [5.74, 6) is -9.89. The largest absolute Gasteiger partial charge is 0.461 e. The monoisotopic (exact) mass is 611 g/mol. The zero-order valence-electron chi connectivity index (χ0n) is 18.6. The van der Waals surface area contributed by atoms with Gasteiger partial charge in [-0.3, -0.25) is 9.11 Å². The average Bonchev–Trinajstić information content (AvgIpc) is 2.55. The highest BCUT2D eigenvalue weighted by molar-refractivity contribution is 7.90. The minimum absolute atomic E-state index is 0.357. The highest BCUT2D eigenvalue weighted by atomic mass is 32.2. The predicted molar refractivity (Wildman–Crippen MR) is 108 cm³/mol. The molecule has 0 saturated carbocycles. The molecule has 0 aromatic rings. The molecule has 218 valence electrons. The van der Waals surface area contributed by atoms with Crippen LogP contribution in [-0.2, 0) is 30.3 Å². The first-order valence-corrected chi connectivity index (χ1v) is 14.1. The van der Waals surface area contributed by atoms with Crippen LogP contribution in [0.25, 0.3) is 0 Å². The van der Waals surface area contributed by atoms with Crippen LogP contribution >= 0.6 is 0 Å². The first-order chi connectivity index (χ1) is 15.6. The summed E-state index contributed by atoms with van der Waals surface area (Å²) in [4.78, 5) is 0. The lowest BCUT2D eigenvalue weighted by molar-refractivity contribution is -0.893. The Morgan fingerprint density at radius 3 is 1.61 bits per heavy atom. The highest BCUT2D eigenvalue weighted by Crippen LogP contribution is 2.49. The van der Waals surface area contributed by atoms with Crippen molar-refractivity contribution < 1.29 is 79.8 Å². The molecule has 22 heteroatoms. The van der Waals surface area contributed by atoms with Gasteiger partial charge in [-0.2, -0.15) is 51.9 Å². The number of likely N-dealkylation sites (N-methyl/N-ethyl adjacent to an activating group) is 1. The summed E-state index contributed by atoms with van der Waals surface area (Å²) in [6.45, 7) is -3.81. The molecule has 0 saturated heterocycles. The van der Waals surface area contributed by atoms with E-state index < -0.39 is 106 Å². The predicted octanol–water partition coefficient (Wildman–Crippen LogP) is -0.627. The maximum absolute atomic E-state index is 14.0. The van der Waals surface area contributed by atoms with E-state index in [9.17, 15) is 66.2 Å². The molecule has 0 aromatic carbocycles. The minimum Gasteiger partial charge on any atom is -0.391 e. The van der Waals surface area contributed by atoms with Gasteiger partial charge < -0.3 is 14.7 Å². The van der Waals surface area contributed by atoms with Crippen LogP contribution in [0.2, 0.25) is 0 Å². The number of sulfonamides is 1. The van der Waals surface area contributed by atoms with Crippen LogP contribution in [0.4, 0.5) is 30.7 Å². The lowest BCUT2D eigenvalue weighted by Gasteiger charge is -2.35. The fourth-order valence-corrected chi connectivity index (χ4v) is 5.65. The van der Waals surface area contributed by atoms with Crippen molar-refractivity contribution in [1.29, 1.82) is 0 Å². The van der Waals surface area contributed by atoms with Crippen molar-refractivity contribution in [3.63, 3.8) is 0 Å². The molecule has 0 radical (unpaired) electrons. The molecule has 0 aromatic heterocycles. The van der Waals surface area contributed by atoms with Crippen molar-refractivity contribution in [1.82, 2.24) is 4.31 Å². The molecular formula is C14H26F7N2O10S3+. The van der Waals surface area contributed by atoms with E-state index in [1.807, 2.05) is 0 Å². The van der Waals surface area contributed by atoms with Gasteiger partial charge in [-0.1, -0.05) is 0 Å². The van der Waals surface area contributed by atoms with Gasteiger partial charge in [0.15, 0.2) is 0 Å². The van der Waals surface area contributed by atoms with E-state index in [2.05, 4.69) is 0 Å². The molecule has 0 bridgehead atoms. The van der Waals surface area contributed by atoms with Crippen molar-refractivity contribution >= 4 is 30.3 Å². The van der Waals surface area contributed by atoms with Crippen LogP contribution in [0.5, 0.6) is 0 Å². The molecule has 4 N–H and O–H groups in total. The minimum atomic E-state index is -7.10. The third-order valence-electron chi connectivity index (χ3n) is 4.48. The fourth-order valence-electron chi connectivity index (χ4n) is 2.96. The van der Waals surface area contributed by atoms with Crippen molar-refractivity contribution in [2.45, 2.75) is 36.0 Å². The number of hydrogen-bond acceptors (Lipinski definition) is 8. The van der Waals surface area contributed by atoms with Crippen molar-refractivity contribution in [3.8, 4) is 0 Å². The smallest absolute Gasteiger partial charge is 0.391 e. The fraction of sp³-hybridized carbons (Fsp3) is 1.00. The molecule has 0 spiro atoms. The molecular weight excluding hydrogens is 585 g/mol. The topological polar surface area (TPSA) is 187 Å². The number of quaternary nitrogens is 1. The molecule has 2 atom stereocenters. The second kappa shape index (κ2) is 11.5. The Labute approximate surface area is 202 Å². The molecule has 12 nitrogen and oxygen atoms in total. The van der Waals surface area contributed by atoms with Crippen molar-refractivity contribution in [2.75, 3.05) is 51.8 Å². The second-order valence-electron chi connectivity index (χ2n) is 8.45. The first kappa shape index (κ1) is 35.1. The second-order valence-corrected chi connectivity index (χ2v) is 13.4. The van der Waals surface area contributed by atoms with Crippen LogP contribution in [0.1, 0.15) is 6.42 Å². The quantitative estimate of drug-likeness (QED) is 0.106. The standard InChI is InChI=1S/C14H25F7N2O10S3/c1-23(2,7-11(25)9-35(29,30)31)5-3-4-22(6-10(24)8-34(26,27)28)36(32,33)14(20,21)12(15,16)13(17,18)19/h10-11,24-25H,3-9H2,1-2H3,(H-,26,27,28,29,30,31)/p+1. The number of halogens is 7. The summed E-state index contributed by atoms with van der Waals surface area (Å²) < 4.78 is 176. The van der Waals surface area contributed by atoms with Crippen LogP contribution in [0.3, 0.4) is 0 Å². The average molecular weight is 612 g/mol. The highest BCUT2D eigenvalue weighted by Gasteiger charge is 2.79. The van der Waals surface area contributed by atoms with E-state index in [1.165, 1.54) is 14.1 Å². The molecule has 0 aliphatic rings. The SMILES string of the molecule is C[N+](C)(CCCN(CC(O)CS(=O)(=O)O)S(=O)(=O)C(F)(F)C(F)(F)C(F)(F)F)CC(O)CS(=O)(=O)O. The summed E-state index contributed by atoms with van der Waals surface area (Å²) in [5, 5.41) is 12.5. The van der Waals surface area contributed by atoms with Gasteiger partial charge in [0.05, 0.1) is 26.7 Å². The number of nitrogens with zero attached hydrogens (tertiary/aromatic N) is 2. The molecule has 0 amide bonds. The Hall–Kier alpha value is -0.880. The van der Waals surface area contributed by atoms with Gasteiger partial charge in [-0.05, 0) is 0 Å². The Bertz CT molecular complexity index is 1060. The van der Waals surface area contributed by atoms with Crippen LogP contribution in [0.15, 0.2) is 0 Å². The van der Waals surface area contributed by atoms with E-state index >= 15 is 0 Å². The van der Waals surface area contributed by atoms with E-state index in [0.29, 0.717) is 0 Å². The Morgan fingerprint density at radius 1 is 0.806 bits per heavy atom. The lowest BCUT2D eigenvalue weighted by Crippen LogP contribution is -2.60. The number of aliphatic hydroxyl groups is 2. The number of rotatable bonds is 15. The third-order valence-corrected chi connectivity index (χ3v) is 8.01. The molecule has 2 unspecified atom stereocenters. The van der Waals surface area contributed by atoms with E-state index in [-0.39, 0.29) is 6.54 Å². The normalized spacial score (nSPS) is 16.8. The molecule has 0 fully saturated rings. The number of hydrogen-bond donors (Lipinski definition) is 4. The number of aliphatic hydroxyl groups excluding tert-OH is 2. The first-order valence-electron chi connectivity index (χ1n) is 9.46. The summed E-state index contributed by atoms with van der Waals surface area (Å²) in [6.07, 6.45) is -11.9. The molecule has 36 heavy (non-hydrogen) atoms. The summed E-state index contributed by atoms with van der Waals surface area (Å²) in [6, 6.07) is 0. The zero-order chi connectivity index (χ0) is 29.2. The van der Waals surface area contributed by atoms with Crippen LogP contribution in [-0.4, -0.2) is 135 Å². The summed E-state index contributed by atoms with van der Waals surface area (Å²) >= 11 is 0. The van der Waals surface area contributed by atoms with Crippen LogP contribution in [0, 0.1) is 0 Å². The van der Waals surface area contributed by atoms with E-state index in [1.54, 1.807) is 0 Å². The number of alkyl halides is 7. The summed E-state index contributed by atoms with van der Waals surface area (Å²) in [5.41, 5.74) is 0. The third kappa shape index (κ3) is 10.1. The Kier molecular flexibility index (Phi) is 11.2. The Morgan fingerprint density at radius 2 is 1.22 bits per heavy atom. The van der Waals surface area contributed by atoms with Crippen LogP contribution < -0.4 is 0 Å². The van der Waals surface area contributed by atoms with E-state index in [0.717, 1.165) is 0 Å². The Balaban J connectivity index is 5.94. The molecule has 0 heterocycles. The van der Waals surface area contributed by atoms with Gasteiger partial charge in [-0.15, -0.1) is 0 Å². The van der Waals surface area contributed by atoms with Gasteiger partial charge in [0.1, 0.15) is 24.2 Å². The van der Waals surface area contributed by atoms with Gasteiger partial charge in [0.2, 0.25) is 0 Å². The maximum Gasteiger partial charge on any atom is 0.461 e. The molecule has 0 rings (SSSR count). The summed E-state index contributed by atoms with van der Waals surface area (Å²) in [7, 11) is -14.0. The molecule has 0 aliphatic carbocycles. The van der Waals surface area contributed by atoms with Gasteiger partial charge in [0, 0.05) is 19.5 Å². The zero-order valence-corrected chi connectivity index (χ0v) is 21.1. The van der Waals surface area contributed by atoms with Crippen molar-refractivity contribution in [2.24, 2.45) is 0 Å².